The zero-order valence-corrected chi connectivity index (χ0v) is 14.8. The highest BCUT2D eigenvalue weighted by atomic mass is 15.3. The molecule has 0 amide bonds. The number of rotatable bonds is 5. The van der Waals surface area contributed by atoms with Crippen molar-refractivity contribution >= 4 is 16.5 Å². The second kappa shape index (κ2) is 7.71. The van der Waals surface area contributed by atoms with Crippen LogP contribution in [0.2, 0.25) is 0 Å². The number of para-hydroxylation sites is 1. The Labute approximate surface area is 150 Å². The van der Waals surface area contributed by atoms with Gasteiger partial charge in [0.1, 0.15) is 0 Å². The third-order valence-corrected chi connectivity index (χ3v) is 5.25. The Morgan fingerprint density at radius 3 is 2.20 bits per heavy atom. The van der Waals surface area contributed by atoms with Crippen molar-refractivity contribution in [2.45, 2.75) is 12.8 Å². The van der Waals surface area contributed by atoms with Gasteiger partial charge in [-0.1, -0.05) is 60.7 Å². The Hall–Kier alpha value is -2.32. The lowest BCUT2D eigenvalue weighted by Crippen LogP contribution is -2.46. The molecule has 1 aliphatic rings. The van der Waals surface area contributed by atoms with Crippen LogP contribution in [0.4, 0.5) is 5.69 Å². The second-order valence-electron chi connectivity index (χ2n) is 6.95. The summed E-state index contributed by atoms with van der Waals surface area (Å²) in [6, 6.07) is 26.3. The molecular formula is C23H26N2. The van der Waals surface area contributed by atoms with E-state index >= 15 is 0 Å². The van der Waals surface area contributed by atoms with Gasteiger partial charge >= 0.3 is 0 Å². The van der Waals surface area contributed by atoms with Gasteiger partial charge in [-0.15, -0.1) is 0 Å². The van der Waals surface area contributed by atoms with E-state index in [0.717, 1.165) is 13.1 Å². The predicted octanol–water partition coefficient (Wildman–Crippen LogP) is 4.59. The van der Waals surface area contributed by atoms with Gasteiger partial charge in [0.25, 0.3) is 0 Å². The molecule has 0 spiro atoms. The molecule has 2 heteroatoms. The SMILES string of the molecule is c1ccc(N2CCN(CCCc3ccc4ccccc4c3)CC2)cc1. The molecular weight excluding hydrogens is 304 g/mol. The molecule has 25 heavy (non-hydrogen) atoms. The zero-order chi connectivity index (χ0) is 16.9. The number of aryl methyl sites for hydroxylation is 1. The predicted molar refractivity (Wildman–Crippen MR) is 107 cm³/mol. The number of anilines is 1. The summed E-state index contributed by atoms with van der Waals surface area (Å²) in [5.74, 6) is 0. The molecule has 3 aromatic rings. The van der Waals surface area contributed by atoms with Crippen LogP contribution in [-0.2, 0) is 6.42 Å². The molecule has 0 unspecified atom stereocenters. The van der Waals surface area contributed by atoms with Crippen molar-refractivity contribution in [3.63, 3.8) is 0 Å². The summed E-state index contributed by atoms with van der Waals surface area (Å²) >= 11 is 0. The van der Waals surface area contributed by atoms with E-state index in [4.69, 9.17) is 0 Å². The third kappa shape index (κ3) is 4.02. The van der Waals surface area contributed by atoms with Crippen LogP contribution in [0.3, 0.4) is 0 Å². The maximum atomic E-state index is 2.61. The summed E-state index contributed by atoms with van der Waals surface area (Å²) in [6.45, 7) is 5.83. The number of hydrogen-bond donors (Lipinski definition) is 0. The Bertz CT molecular complexity index is 804. The van der Waals surface area contributed by atoms with E-state index in [1.165, 1.54) is 54.5 Å². The second-order valence-corrected chi connectivity index (χ2v) is 6.95. The van der Waals surface area contributed by atoms with Crippen molar-refractivity contribution < 1.29 is 0 Å². The number of nitrogens with zero attached hydrogens (tertiary/aromatic N) is 2. The lowest BCUT2D eigenvalue weighted by atomic mass is 10.0. The minimum Gasteiger partial charge on any atom is -0.369 e. The highest BCUT2D eigenvalue weighted by Crippen LogP contribution is 2.18. The van der Waals surface area contributed by atoms with Gasteiger partial charge in [-0.05, 0) is 47.9 Å². The lowest BCUT2D eigenvalue weighted by molar-refractivity contribution is 0.255. The number of fused-ring (bicyclic) bond motifs is 1. The highest BCUT2D eigenvalue weighted by molar-refractivity contribution is 5.82. The summed E-state index contributed by atoms with van der Waals surface area (Å²) in [5.41, 5.74) is 2.82. The Kier molecular flexibility index (Phi) is 4.98. The van der Waals surface area contributed by atoms with E-state index in [2.05, 4.69) is 82.6 Å². The summed E-state index contributed by atoms with van der Waals surface area (Å²) in [6.07, 6.45) is 2.41. The average Bonchev–Trinajstić information content (AvgIpc) is 2.69. The van der Waals surface area contributed by atoms with Crippen molar-refractivity contribution in [1.29, 1.82) is 0 Å². The molecule has 0 radical (unpaired) electrons. The molecule has 0 saturated carbocycles. The summed E-state index contributed by atoms with van der Waals surface area (Å²) in [7, 11) is 0. The van der Waals surface area contributed by atoms with E-state index < -0.39 is 0 Å². The van der Waals surface area contributed by atoms with E-state index in [9.17, 15) is 0 Å². The number of piperazine rings is 1. The molecule has 0 aliphatic carbocycles. The molecule has 1 aliphatic heterocycles. The highest BCUT2D eigenvalue weighted by Gasteiger charge is 2.16. The van der Waals surface area contributed by atoms with E-state index in [-0.39, 0.29) is 0 Å². The van der Waals surface area contributed by atoms with Crippen LogP contribution >= 0.6 is 0 Å². The summed E-state index contributed by atoms with van der Waals surface area (Å²) in [5, 5.41) is 2.69. The molecule has 0 aromatic heterocycles. The van der Waals surface area contributed by atoms with Crippen LogP contribution in [0.15, 0.2) is 72.8 Å². The van der Waals surface area contributed by atoms with Crippen molar-refractivity contribution in [1.82, 2.24) is 4.90 Å². The van der Waals surface area contributed by atoms with Gasteiger partial charge in [0, 0.05) is 31.9 Å². The minimum atomic E-state index is 1.14. The standard InChI is InChI=1S/C23H26N2/c1-2-10-23(11-3-1)25-17-15-24(16-18-25)14-6-7-20-12-13-21-8-4-5-9-22(21)19-20/h1-5,8-13,19H,6-7,14-18H2. The van der Waals surface area contributed by atoms with Crippen LogP contribution < -0.4 is 4.90 Å². The maximum absolute atomic E-state index is 2.61. The molecule has 3 aromatic carbocycles. The van der Waals surface area contributed by atoms with Crippen LogP contribution in [0.25, 0.3) is 10.8 Å². The van der Waals surface area contributed by atoms with Crippen molar-refractivity contribution in [2.24, 2.45) is 0 Å². The first-order chi connectivity index (χ1) is 12.4. The monoisotopic (exact) mass is 330 g/mol. The van der Waals surface area contributed by atoms with E-state index in [0.29, 0.717) is 0 Å². The quantitative estimate of drug-likeness (QED) is 0.675. The Morgan fingerprint density at radius 2 is 1.40 bits per heavy atom. The Morgan fingerprint density at radius 1 is 0.680 bits per heavy atom. The van der Waals surface area contributed by atoms with E-state index in [1.807, 2.05) is 0 Å². The van der Waals surface area contributed by atoms with Gasteiger partial charge in [0.15, 0.2) is 0 Å². The molecule has 0 atom stereocenters. The zero-order valence-electron chi connectivity index (χ0n) is 14.8. The molecule has 2 nitrogen and oxygen atoms in total. The smallest absolute Gasteiger partial charge is 0.0367 e. The Balaban J connectivity index is 1.25. The lowest BCUT2D eigenvalue weighted by Gasteiger charge is -2.36. The molecule has 1 heterocycles. The fourth-order valence-electron chi connectivity index (χ4n) is 3.77. The largest absolute Gasteiger partial charge is 0.369 e. The fraction of sp³-hybridized carbons (Fsp3) is 0.304. The normalized spacial score (nSPS) is 15.6. The maximum Gasteiger partial charge on any atom is 0.0367 e. The molecule has 1 fully saturated rings. The van der Waals surface area contributed by atoms with Crippen molar-refractivity contribution in [2.75, 3.05) is 37.6 Å². The summed E-state index contributed by atoms with van der Waals surface area (Å²) in [4.78, 5) is 5.11. The number of benzene rings is 3. The third-order valence-electron chi connectivity index (χ3n) is 5.25. The fourth-order valence-corrected chi connectivity index (χ4v) is 3.77. The van der Waals surface area contributed by atoms with Gasteiger partial charge in [-0.25, -0.2) is 0 Å². The summed E-state index contributed by atoms with van der Waals surface area (Å²) < 4.78 is 0. The van der Waals surface area contributed by atoms with Gasteiger partial charge in [-0.3, -0.25) is 4.90 Å². The topological polar surface area (TPSA) is 6.48 Å². The van der Waals surface area contributed by atoms with Gasteiger partial charge in [0.05, 0.1) is 0 Å². The van der Waals surface area contributed by atoms with Crippen molar-refractivity contribution in [3.8, 4) is 0 Å². The minimum absolute atomic E-state index is 1.14. The molecule has 128 valence electrons. The first-order valence-electron chi connectivity index (χ1n) is 9.38. The number of hydrogen-bond acceptors (Lipinski definition) is 2. The van der Waals surface area contributed by atoms with Crippen molar-refractivity contribution in [3.05, 3.63) is 78.4 Å². The molecule has 1 saturated heterocycles. The van der Waals surface area contributed by atoms with Crippen LogP contribution in [0.1, 0.15) is 12.0 Å². The van der Waals surface area contributed by atoms with Crippen LogP contribution in [-0.4, -0.2) is 37.6 Å². The first-order valence-corrected chi connectivity index (χ1v) is 9.38. The molecule has 4 rings (SSSR count). The van der Waals surface area contributed by atoms with Crippen LogP contribution in [0, 0.1) is 0 Å². The van der Waals surface area contributed by atoms with Gasteiger partial charge < -0.3 is 4.90 Å². The average molecular weight is 330 g/mol. The van der Waals surface area contributed by atoms with Gasteiger partial charge in [-0.2, -0.15) is 0 Å². The van der Waals surface area contributed by atoms with E-state index in [1.54, 1.807) is 0 Å². The first kappa shape index (κ1) is 16.2. The molecule has 0 bridgehead atoms. The molecule has 0 N–H and O–H groups in total. The van der Waals surface area contributed by atoms with Crippen LogP contribution in [0.5, 0.6) is 0 Å². The van der Waals surface area contributed by atoms with Gasteiger partial charge in [0.2, 0.25) is 0 Å².